The van der Waals surface area contributed by atoms with Gasteiger partial charge < -0.3 is 9.80 Å². The van der Waals surface area contributed by atoms with Crippen LogP contribution in [0.5, 0.6) is 0 Å². The topological polar surface area (TPSA) is 6.48 Å². The first kappa shape index (κ1) is 36.1. The Balaban J connectivity index is 1.01. The lowest BCUT2D eigenvalue weighted by Crippen LogP contribution is -2.54. The summed E-state index contributed by atoms with van der Waals surface area (Å²) in [5.74, 6) is -0.388. The summed E-state index contributed by atoms with van der Waals surface area (Å²) in [6.07, 6.45) is 9.09. The van der Waals surface area contributed by atoms with Crippen LogP contribution in [0, 0.1) is 11.6 Å². The molecule has 60 heavy (non-hydrogen) atoms. The minimum absolute atomic E-state index is 0.0715. The molecule has 8 aromatic rings. The number of benzene rings is 8. The third kappa shape index (κ3) is 4.63. The molecule has 0 radical (unpaired) electrons. The summed E-state index contributed by atoms with van der Waals surface area (Å²) < 4.78 is 29.5. The van der Waals surface area contributed by atoms with Crippen LogP contribution in [0.2, 0.25) is 0 Å². The Morgan fingerprint density at radius 3 is 1.28 bits per heavy atom. The Kier molecular flexibility index (Phi) is 7.48. The van der Waals surface area contributed by atoms with Crippen molar-refractivity contribution in [1.82, 2.24) is 0 Å². The molecule has 2 aliphatic heterocycles. The Morgan fingerprint density at radius 1 is 0.433 bits per heavy atom. The van der Waals surface area contributed by atoms with E-state index < -0.39 is 0 Å². The van der Waals surface area contributed by atoms with E-state index in [0.29, 0.717) is 0 Å². The van der Waals surface area contributed by atoms with Gasteiger partial charge in [-0.3, -0.25) is 0 Å². The minimum Gasteiger partial charge on any atom is -0.334 e. The lowest BCUT2D eigenvalue weighted by molar-refractivity contribution is 0.195. The van der Waals surface area contributed by atoms with Crippen LogP contribution >= 0.6 is 0 Å². The molecule has 4 heteroatoms. The summed E-state index contributed by atoms with van der Waals surface area (Å²) in [5, 5.41) is 7.66. The molecule has 0 aromatic heterocycles. The number of halogens is 2. The molecule has 2 heterocycles. The van der Waals surface area contributed by atoms with Gasteiger partial charge in [0.25, 0.3) is 0 Å². The van der Waals surface area contributed by atoms with Crippen LogP contribution < -0.4 is 9.80 Å². The van der Waals surface area contributed by atoms with Crippen molar-refractivity contribution in [3.05, 3.63) is 156 Å². The van der Waals surface area contributed by atoms with Crippen LogP contribution in [0.25, 0.3) is 54.6 Å². The van der Waals surface area contributed by atoms with E-state index in [1.165, 1.54) is 103 Å². The van der Waals surface area contributed by atoms with Gasteiger partial charge in [-0.2, -0.15) is 0 Å². The normalized spacial score (nSPS) is 25.8. The summed E-state index contributed by atoms with van der Waals surface area (Å²) in [7, 11) is 0. The largest absolute Gasteiger partial charge is 0.334 e. The number of fused-ring (bicyclic) bond motifs is 6. The lowest BCUT2D eigenvalue weighted by Gasteiger charge is -2.50. The molecule has 8 aromatic carbocycles. The van der Waals surface area contributed by atoms with Crippen molar-refractivity contribution in [2.75, 3.05) is 9.80 Å². The fraction of sp³-hybridized carbons (Fsp3) is 0.286. The Labute approximate surface area is 351 Å². The molecule has 12 rings (SSSR count). The average molecular weight is 789 g/mol. The van der Waals surface area contributed by atoms with E-state index in [9.17, 15) is 8.78 Å². The zero-order valence-electron chi connectivity index (χ0n) is 35.0. The van der Waals surface area contributed by atoms with Gasteiger partial charge in [-0.1, -0.05) is 112 Å². The average Bonchev–Trinajstić information content (AvgIpc) is 3.59. The highest BCUT2D eigenvalue weighted by Crippen LogP contribution is 2.63. The SMILES string of the molecule is CC12CCCCC1(C)N(c1cccc(F)c1)c1ccc(-c3ccc4ccc5c(-c6ccc7c(c6)C6(C)CCCCC6(C)N7c6cccc(F)c6)ccc6ccc3c4c65)cc12. The second-order valence-corrected chi connectivity index (χ2v) is 19.4. The molecule has 2 aliphatic carbocycles. The van der Waals surface area contributed by atoms with Crippen LogP contribution in [0.1, 0.15) is 90.2 Å². The molecule has 2 fully saturated rings. The predicted molar refractivity (Wildman–Crippen MR) is 247 cm³/mol. The fourth-order valence-electron chi connectivity index (χ4n) is 13.1. The standard InChI is InChI=1S/C56H50F2N2/c1-53-27-5-7-29-55(53,3)59(41-13-9-11-39(57)33-41)49-25-19-37(31-47(49)53)43-21-15-35-18-24-46-44(22-16-36-17-23-45(43)51(35)52(36)46)38-20-26-50-48(32-38)54(2)28-6-8-30-56(54,4)60(50)42-14-10-12-40(58)34-42/h9-26,31-34H,5-8,27-30H2,1-4H3. The molecule has 2 nitrogen and oxygen atoms in total. The van der Waals surface area contributed by atoms with Gasteiger partial charge in [0, 0.05) is 33.6 Å². The third-order valence-corrected chi connectivity index (χ3v) is 16.6. The summed E-state index contributed by atoms with van der Waals surface area (Å²) >= 11 is 0. The third-order valence-electron chi connectivity index (χ3n) is 16.6. The molecule has 298 valence electrons. The summed E-state index contributed by atoms with van der Waals surface area (Å²) in [6, 6.07) is 47.0. The first-order valence-corrected chi connectivity index (χ1v) is 22.1. The number of hydrogen-bond donors (Lipinski definition) is 0. The van der Waals surface area contributed by atoms with Gasteiger partial charge in [-0.05, 0) is 166 Å². The van der Waals surface area contributed by atoms with Gasteiger partial charge in [0.15, 0.2) is 0 Å². The van der Waals surface area contributed by atoms with Crippen molar-refractivity contribution in [2.24, 2.45) is 0 Å². The van der Waals surface area contributed by atoms with E-state index in [2.05, 4.69) is 135 Å². The van der Waals surface area contributed by atoms with Gasteiger partial charge in [0.2, 0.25) is 0 Å². The van der Waals surface area contributed by atoms with Crippen molar-refractivity contribution in [3.63, 3.8) is 0 Å². The molecule has 4 unspecified atom stereocenters. The first-order chi connectivity index (χ1) is 29.0. The maximum absolute atomic E-state index is 14.8. The van der Waals surface area contributed by atoms with E-state index in [4.69, 9.17) is 0 Å². The van der Waals surface area contributed by atoms with Gasteiger partial charge in [-0.25, -0.2) is 8.78 Å². The van der Waals surface area contributed by atoms with E-state index in [1.807, 2.05) is 12.1 Å². The number of hydrogen-bond acceptors (Lipinski definition) is 2. The molecule has 4 atom stereocenters. The van der Waals surface area contributed by atoms with E-state index >= 15 is 0 Å². The van der Waals surface area contributed by atoms with E-state index in [-0.39, 0.29) is 33.5 Å². The van der Waals surface area contributed by atoms with Gasteiger partial charge in [0.1, 0.15) is 11.6 Å². The van der Waals surface area contributed by atoms with E-state index in [1.54, 1.807) is 24.3 Å². The van der Waals surface area contributed by atoms with Crippen LogP contribution in [-0.4, -0.2) is 11.1 Å². The zero-order valence-corrected chi connectivity index (χ0v) is 35.0. The fourth-order valence-corrected chi connectivity index (χ4v) is 13.1. The van der Waals surface area contributed by atoms with Crippen molar-refractivity contribution < 1.29 is 8.78 Å². The Hall–Kier alpha value is -5.74. The number of rotatable bonds is 4. The molecule has 0 saturated heterocycles. The highest BCUT2D eigenvalue weighted by Gasteiger charge is 2.59. The van der Waals surface area contributed by atoms with Crippen LogP contribution in [0.15, 0.2) is 133 Å². The van der Waals surface area contributed by atoms with Crippen LogP contribution in [0.3, 0.4) is 0 Å². The number of anilines is 4. The highest BCUT2D eigenvalue weighted by atomic mass is 19.1. The minimum atomic E-state index is -0.194. The molecule has 0 spiro atoms. The second kappa shape index (κ2) is 12.4. The zero-order chi connectivity index (χ0) is 40.8. The number of nitrogens with zero attached hydrogens (tertiary/aromatic N) is 2. The van der Waals surface area contributed by atoms with Crippen molar-refractivity contribution in [3.8, 4) is 22.3 Å². The Bertz CT molecular complexity index is 2870. The van der Waals surface area contributed by atoms with Crippen molar-refractivity contribution in [2.45, 2.75) is 101 Å². The van der Waals surface area contributed by atoms with Crippen molar-refractivity contribution >= 4 is 55.1 Å². The molecule has 0 N–H and O–H groups in total. The van der Waals surface area contributed by atoms with Gasteiger partial charge >= 0.3 is 0 Å². The maximum atomic E-state index is 14.8. The first-order valence-electron chi connectivity index (χ1n) is 22.1. The predicted octanol–water partition coefficient (Wildman–Crippen LogP) is 15.7. The maximum Gasteiger partial charge on any atom is 0.125 e. The van der Waals surface area contributed by atoms with Gasteiger partial charge in [0.05, 0.1) is 11.1 Å². The van der Waals surface area contributed by atoms with Crippen LogP contribution in [-0.2, 0) is 10.8 Å². The highest BCUT2D eigenvalue weighted by molar-refractivity contribution is 6.27. The molecule has 0 amide bonds. The lowest BCUT2D eigenvalue weighted by atomic mass is 9.61. The quantitative estimate of drug-likeness (QED) is 0.164. The molecule has 4 aliphatic rings. The summed E-state index contributed by atoms with van der Waals surface area (Å²) in [6.45, 7) is 9.71. The van der Waals surface area contributed by atoms with Crippen molar-refractivity contribution in [1.29, 1.82) is 0 Å². The molecule has 0 bridgehead atoms. The molecule has 2 saturated carbocycles. The molecular weight excluding hydrogens is 739 g/mol. The Morgan fingerprint density at radius 2 is 0.850 bits per heavy atom. The van der Waals surface area contributed by atoms with Gasteiger partial charge in [-0.15, -0.1) is 0 Å². The van der Waals surface area contributed by atoms with Crippen LogP contribution in [0.4, 0.5) is 31.5 Å². The molecular formula is C56H50F2N2. The summed E-state index contributed by atoms with van der Waals surface area (Å²) in [5.41, 5.74) is 11.5. The summed E-state index contributed by atoms with van der Waals surface area (Å²) in [4.78, 5) is 4.90. The second-order valence-electron chi connectivity index (χ2n) is 19.4. The monoisotopic (exact) mass is 788 g/mol. The van der Waals surface area contributed by atoms with E-state index in [0.717, 1.165) is 37.1 Å². The smallest absolute Gasteiger partial charge is 0.125 e.